The van der Waals surface area contributed by atoms with Crippen molar-refractivity contribution in [2.24, 2.45) is 5.41 Å². The van der Waals surface area contributed by atoms with Crippen LogP contribution >= 0.6 is 0 Å². The van der Waals surface area contributed by atoms with E-state index in [0.717, 1.165) is 25.7 Å². The smallest absolute Gasteiger partial charge is 0.315 e. The summed E-state index contributed by atoms with van der Waals surface area (Å²) in [6.45, 7) is 2.20. The van der Waals surface area contributed by atoms with Crippen molar-refractivity contribution in [3.05, 3.63) is 12.2 Å². The Hall–Kier alpha value is -0.830. The number of esters is 1. The van der Waals surface area contributed by atoms with E-state index in [4.69, 9.17) is 4.74 Å². The van der Waals surface area contributed by atoms with Crippen LogP contribution in [0.1, 0.15) is 45.4 Å². The maximum absolute atomic E-state index is 12.1. The van der Waals surface area contributed by atoms with E-state index >= 15 is 0 Å². The molecule has 0 aromatic rings. The molecule has 2 atom stereocenters. The predicted molar refractivity (Wildman–Crippen MR) is 60.9 cm³/mol. The Morgan fingerprint density at radius 3 is 2.75 bits per heavy atom. The molecule has 0 aliphatic heterocycles. The molecule has 0 heterocycles. The lowest BCUT2D eigenvalue weighted by molar-refractivity contribution is -0.184. The highest BCUT2D eigenvalue weighted by Crippen LogP contribution is 2.51. The van der Waals surface area contributed by atoms with Crippen LogP contribution in [-0.4, -0.2) is 23.3 Å². The Balaban J connectivity index is 2.31. The molecule has 0 amide bonds. The molecule has 0 radical (unpaired) electrons. The number of ether oxygens (including phenoxy) is 1. The second-order valence-corrected chi connectivity index (χ2v) is 4.92. The fraction of sp³-hybridized carbons (Fsp3) is 0.769. The Kier molecular flexibility index (Phi) is 3.06. The molecule has 2 aliphatic carbocycles. The maximum Gasteiger partial charge on any atom is 0.315 e. The molecule has 0 saturated heterocycles. The summed E-state index contributed by atoms with van der Waals surface area (Å²) in [5.41, 5.74) is -1.54. The van der Waals surface area contributed by atoms with Crippen molar-refractivity contribution in [2.45, 2.75) is 51.0 Å². The molecule has 0 unspecified atom stereocenters. The van der Waals surface area contributed by atoms with E-state index in [1.54, 1.807) is 0 Å². The van der Waals surface area contributed by atoms with Gasteiger partial charge in [0.05, 0.1) is 12.2 Å². The number of rotatable bonds is 2. The molecule has 3 nitrogen and oxygen atoms in total. The molecule has 0 spiro atoms. The summed E-state index contributed by atoms with van der Waals surface area (Å²) in [7, 11) is 0. The van der Waals surface area contributed by atoms with Gasteiger partial charge in [-0.25, -0.2) is 0 Å². The SMILES string of the molecule is CCOC(=O)[C@]12CC=CC[C@@]1(O)CCCC2. The van der Waals surface area contributed by atoms with E-state index in [0.29, 0.717) is 19.4 Å². The molecule has 1 N–H and O–H groups in total. The lowest BCUT2D eigenvalue weighted by atomic mass is 9.58. The van der Waals surface area contributed by atoms with Gasteiger partial charge in [0.2, 0.25) is 0 Å². The first-order valence-electron chi connectivity index (χ1n) is 6.19. The summed E-state index contributed by atoms with van der Waals surface area (Å²) in [5.74, 6) is -0.207. The van der Waals surface area contributed by atoms with Crippen molar-refractivity contribution in [3.63, 3.8) is 0 Å². The average molecular weight is 224 g/mol. The van der Waals surface area contributed by atoms with E-state index in [1.165, 1.54) is 0 Å². The second-order valence-electron chi connectivity index (χ2n) is 4.92. The standard InChI is InChI=1S/C13H20O3/c1-2-16-11(14)12-7-3-5-9-13(12,15)10-6-4-8-12/h3,5,15H,2,4,6-10H2,1H3/t12-,13-/m1/s1. The Bertz CT molecular complexity index is 310. The van der Waals surface area contributed by atoms with Crippen LogP contribution in [0.4, 0.5) is 0 Å². The number of fused-ring (bicyclic) bond motifs is 1. The molecule has 3 heteroatoms. The number of hydrogen-bond donors (Lipinski definition) is 1. The fourth-order valence-corrected chi connectivity index (χ4v) is 3.11. The minimum Gasteiger partial charge on any atom is -0.465 e. The number of carbonyl (C=O) groups is 1. The van der Waals surface area contributed by atoms with Gasteiger partial charge in [-0.05, 0) is 32.6 Å². The molecular formula is C13H20O3. The van der Waals surface area contributed by atoms with Gasteiger partial charge in [0.1, 0.15) is 5.41 Å². The van der Waals surface area contributed by atoms with Crippen LogP contribution < -0.4 is 0 Å². The van der Waals surface area contributed by atoms with Gasteiger partial charge in [-0.3, -0.25) is 4.79 Å². The van der Waals surface area contributed by atoms with E-state index in [1.807, 2.05) is 19.1 Å². The third-order valence-corrected chi connectivity index (χ3v) is 4.09. The number of carbonyl (C=O) groups excluding carboxylic acids is 1. The maximum atomic E-state index is 12.1. The van der Waals surface area contributed by atoms with Crippen LogP contribution in [0.25, 0.3) is 0 Å². The number of allylic oxidation sites excluding steroid dienone is 1. The van der Waals surface area contributed by atoms with Crippen LogP contribution in [0.15, 0.2) is 12.2 Å². The molecule has 2 rings (SSSR count). The highest BCUT2D eigenvalue weighted by molar-refractivity contribution is 5.79. The zero-order valence-corrected chi connectivity index (χ0v) is 9.87. The third kappa shape index (κ3) is 1.58. The monoisotopic (exact) mass is 224 g/mol. The van der Waals surface area contributed by atoms with Gasteiger partial charge in [0.25, 0.3) is 0 Å². The molecular weight excluding hydrogens is 204 g/mol. The van der Waals surface area contributed by atoms with E-state index in [2.05, 4.69) is 0 Å². The number of hydrogen-bond acceptors (Lipinski definition) is 3. The van der Waals surface area contributed by atoms with Gasteiger partial charge in [-0.15, -0.1) is 0 Å². The van der Waals surface area contributed by atoms with Crippen molar-refractivity contribution in [1.29, 1.82) is 0 Å². The van der Waals surface area contributed by atoms with Crippen LogP contribution in [0.5, 0.6) is 0 Å². The molecule has 90 valence electrons. The highest BCUT2D eigenvalue weighted by atomic mass is 16.5. The van der Waals surface area contributed by atoms with Crippen LogP contribution in [0, 0.1) is 5.41 Å². The summed E-state index contributed by atoms with van der Waals surface area (Å²) in [6.07, 6.45) is 8.71. The molecule has 0 aromatic carbocycles. The van der Waals surface area contributed by atoms with Crippen LogP contribution in [0.2, 0.25) is 0 Å². The third-order valence-electron chi connectivity index (χ3n) is 4.09. The van der Waals surface area contributed by atoms with Crippen molar-refractivity contribution in [1.82, 2.24) is 0 Å². The lowest BCUT2D eigenvalue weighted by Gasteiger charge is -2.49. The molecule has 0 bridgehead atoms. The lowest BCUT2D eigenvalue weighted by Crippen LogP contribution is -2.56. The zero-order valence-electron chi connectivity index (χ0n) is 9.87. The van der Waals surface area contributed by atoms with Crippen molar-refractivity contribution in [3.8, 4) is 0 Å². The van der Waals surface area contributed by atoms with E-state index in [-0.39, 0.29) is 5.97 Å². The van der Waals surface area contributed by atoms with Gasteiger partial charge in [-0.2, -0.15) is 0 Å². The topological polar surface area (TPSA) is 46.5 Å². The zero-order chi connectivity index (χ0) is 11.6. The van der Waals surface area contributed by atoms with E-state index < -0.39 is 11.0 Å². The van der Waals surface area contributed by atoms with Crippen LogP contribution in [0.3, 0.4) is 0 Å². The van der Waals surface area contributed by atoms with Gasteiger partial charge in [-0.1, -0.05) is 25.0 Å². The van der Waals surface area contributed by atoms with Gasteiger partial charge in [0.15, 0.2) is 0 Å². The fourth-order valence-electron chi connectivity index (χ4n) is 3.11. The van der Waals surface area contributed by atoms with Crippen LogP contribution in [-0.2, 0) is 9.53 Å². The summed E-state index contributed by atoms with van der Waals surface area (Å²) in [4.78, 5) is 12.1. The Morgan fingerprint density at radius 2 is 2.00 bits per heavy atom. The van der Waals surface area contributed by atoms with Gasteiger partial charge < -0.3 is 9.84 Å². The molecule has 2 aliphatic rings. The number of aliphatic hydroxyl groups is 1. The molecule has 16 heavy (non-hydrogen) atoms. The van der Waals surface area contributed by atoms with Gasteiger partial charge in [0, 0.05) is 0 Å². The minimum atomic E-state index is -0.869. The normalized spacial score (nSPS) is 37.9. The average Bonchev–Trinajstić information content (AvgIpc) is 2.28. The highest BCUT2D eigenvalue weighted by Gasteiger charge is 2.57. The van der Waals surface area contributed by atoms with Crippen molar-refractivity contribution < 1.29 is 14.6 Å². The predicted octanol–water partition coefficient (Wildman–Crippen LogP) is 2.19. The quantitative estimate of drug-likeness (QED) is 0.577. The largest absolute Gasteiger partial charge is 0.465 e. The molecule has 0 aromatic heterocycles. The molecule has 1 fully saturated rings. The Morgan fingerprint density at radius 1 is 1.31 bits per heavy atom. The van der Waals surface area contributed by atoms with Crippen molar-refractivity contribution in [2.75, 3.05) is 6.61 Å². The van der Waals surface area contributed by atoms with Crippen molar-refractivity contribution >= 4 is 5.97 Å². The molecule has 1 saturated carbocycles. The summed E-state index contributed by atoms with van der Waals surface area (Å²) in [6, 6.07) is 0. The Labute approximate surface area is 96.5 Å². The first-order chi connectivity index (χ1) is 7.65. The second kappa shape index (κ2) is 4.21. The summed E-state index contributed by atoms with van der Waals surface area (Å²) >= 11 is 0. The van der Waals surface area contributed by atoms with E-state index in [9.17, 15) is 9.90 Å². The minimum absolute atomic E-state index is 0.207. The van der Waals surface area contributed by atoms with Gasteiger partial charge >= 0.3 is 5.97 Å². The summed E-state index contributed by atoms with van der Waals surface area (Å²) < 4.78 is 5.17. The first kappa shape index (κ1) is 11.6. The first-order valence-corrected chi connectivity index (χ1v) is 6.19. The summed E-state index contributed by atoms with van der Waals surface area (Å²) in [5, 5.41) is 10.7.